The molecule has 4 atom stereocenters. The standard InChI is InChI=1S/C13H20BrNO/c1-12(2)10-5-4-9(8-15)16-13(10,3)7-6-11(12)14/h9-11H,4-7H2,1-3H3/t9-,10-,11-,13-/m0/s1. The Labute approximate surface area is 106 Å². The molecule has 0 amide bonds. The van der Waals surface area contributed by atoms with Crippen molar-refractivity contribution < 1.29 is 4.74 Å². The number of alkyl halides is 1. The third-order valence-electron chi connectivity index (χ3n) is 4.61. The summed E-state index contributed by atoms with van der Waals surface area (Å²) in [4.78, 5) is 0.570. The molecule has 0 aromatic heterocycles. The molecule has 1 aliphatic heterocycles. The average molecular weight is 286 g/mol. The average Bonchev–Trinajstić information content (AvgIpc) is 2.23. The smallest absolute Gasteiger partial charge is 0.144 e. The molecule has 1 saturated carbocycles. The largest absolute Gasteiger partial charge is 0.357 e. The van der Waals surface area contributed by atoms with Crippen LogP contribution in [0.1, 0.15) is 46.5 Å². The van der Waals surface area contributed by atoms with E-state index in [0.717, 1.165) is 25.7 Å². The van der Waals surface area contributed by atoms with Crippen LogP contribution in [0.5, 0.6) is 0 Å². The van der Waals surface area contributed by atoms with E-state index in [1.54, 1.807) is 0 Å². The monoisotopic (exact) mass is 285 g/mol. The lowest BCUT2D eigenvalue weighted by molar-refractivity contribution is -0.181. The van der Waals surface area contributed by atoms with Crippen molar-refractivity contribution in [2.75, 3.05) is 0 Å². The van der Waals surface area contributed by atoms with Crippen molar-refractivity contribution in [1.29, 1.82) is 5.26 Å². The zero-order valence-electron chi connectivity index (χ0n) is 10.3. The number of halogens is 1. The number of fused-ring (bicyclic) bond motifs is 1. The van der Waals surface area contributed by atoms with Crippen LogP contribution in [0.25, 0.3) is 0 Å². The second-order valence-electron chi connectivity index (χ2n) is 6.01. The van der Waals surface area contributed by atoms with Gasteiger partial charge in [-0.05, 0) is 43.9 Å². The first-order valence-electron chi connectivity index (χ1n) is 6.11. The minimum Gasteiger partial charge on any atom is -0.357 e. The second-order valence-corrected chi connectivity index (χ2v) is 7.11. The first-order chi connectivity index (χ1) is 7.40. The molecule has 2 fully saturated rings. The van der Waals surface area contributed by atoms with Gasteiger partial charge in [-0.1, -0.05) is 29.8 Å². The summed E-state index contributed by atoms with van der Waals surface area (Å²) >= 11 is 3.81. The molecule has 0 aromatic rings. The summed E-state index contributed by atoms with van der Waals surface area (Å²) in [6.45, 7) is 6.84. The maximum atomic E-state index is 8.99. The highest BCUT2D eigenvalue weighted by molar-refractivity contribution is 9.09. The van der Waals surface area contributed by atoms with E-state index in [4.69, 9.17) is 10.00 Å². The third-order valence-corrected chi connectivity index (χ3v) is 6.25. The molecule has 0 unspecified atom stereocenters. The number of ether oxygens (including phenoxy) is 1. The van der Waals surface area contributed by atoms with E-state index >= 15 is 0 Å². The van der Waals surface area contributed by atoms with Crippen LogP contribution in [0.4, 0.5) is 0 Å². The molecule has 0 aromatic carbocycles. The van der Waals surface area contributed by atoms with E-state index in [0.29, 0.717) is 10.7 Å². The summed E-state index contributed by atoms with van der Waals surface area (Å²) in [5.41, 5.74) is 0.167. The lowest BCUT2D eigenvalue weighted by Crippen LogP contribution is -2.56. The molecule has 2 rings (SSSR count). The lowest BCUT2D eigenvalue weighted by Gasteiger charge is -2.55. The van der Waals surface area contributed by atoms with Gasteiger partial charge >= 0.3 is 0 Å². The van der Waals surface area contributed by atoms with Crippen LogP contribution in [0.2, 0.25) is 0 Å². The van der Waals surface area contributed by atoms with Crippen molar-refractivity contribution in [2.45, 2.75) is 63.0 Å². The fourth-order valence-electron chi connectivity index (χ4n) is 3.58. The summed E-state index contributed by atoms with van der Waals surface area (Å²) < 4.78 is 6.03. The fraction of sp³-hybridized carbons (Fsp3) is 0.923. The van der Waals surface area contributed by atoms with Crippen LogP contribution < -0.4 is 0 Å². The molecule has 0 spiro atoms. The maximum Gasteiger partial charge on any atom is 0.144 e. The Balaban J connectivity index is 2.25. The Hall–Kier alpha value is -0.0700. The number of hydrogen-bond acceptors (Lipinski definition) is 2. The van der Waals surface area contributed by atoms with Gasteiger partial charge in [-0.3, -0.25) is 0 Å². The molecule has 1 heterocycles. The van der Waals surface area contributed by atoms with Crippen molar-refractivity contribution in [3.63, 3.8) is 0 Å². The predicted molar refractivity (Wildman–Crippen MR) is 67.3 cm³/mol. The Morgan fingerprint density at radius 1 is 1.25 bits per heavy atom. The SMILES string of the molecule is CC1(C)[C@@H](Br)CC[C@]2(C)O[C@H](C#N)CC[C@@H]12. The van der Waals surface area contributed by atoms with Gasteiger partial charge in [0.15, 0.2) is 0 Å². The van der Waals surface area contributed by atoms with Crippen LogP contribution in [0, 0.1) is 22.7 Å². The summed E-state index contributed by atoms with van der Waals surface area (Å²) in [6, 6.07) is 2.27. The molecule has 0 bridgehead atoms. The van der Waals surface area contributed by atoms with Crippen LogP contribution in [0.3, 0.4) is 0 Å². The molecule has 0 radical (unpaired) electrons. The van der Waals surface area contributed by atoms with Crippen molar-refractivity contribution in [3.05, 3.63) is 0 Å². The third kappa shape index (κ3) is 1.80. The van der Waals surface area contributed by atoms with Crippen molar-refractivity contribution >= 4 is 15.9 Å². The lowest BCUT2D eigenvalue weighted by atomic mass is 9.59. The normalized spacial score (nSPS) is 46.8. The van der Waals surface area contributed by atoms with Gasteiger partial charge in [0.25, 0.3) is 0 Å². The number of nitrogens with zero attached hydrogens (tertiary/aromatic N) is 1. The first kappa shape index (κ1) is 12.4. The van der Waals surface area contributed by atoms with Crippen LogP contribution in [0.15, 0.2) is 0 Å². The van der Waals surface area contributed by atoms with E-state index in [9.17, 15) is 0 Å². The molecular weight excluding hydrogens is 266 g/mol. The summed E-state index contributed by atoms with van der Waals surface area (Å²) in [7, 11) is 0. The van der Waals surface area contributed by atoms with Gasteiger partial charge < -0.3 is 4.74 Å². The van der Waals surface area contributed by atoms with E-state index in [1.807, 2.05) is 0 Å². The van der Waals surface area contributed by atoms with Gasteiger partial charge in [-0.25, -0.2) is 0 Å². The summed E-state index contributed by atoms with van der Waals surface area (Å²) in [6.07, 6.45) is 4.01. The van der Waals surface area contributed by atoms with Gasteiger partial charge in [0.05, 0.1) is 11.7 Å². The van der Waals surface area contributed by atoms with Gasteiger partial charge in [-0.2, -0.15) is 5.26 Å². The molecule has 3 heteroatoms. The molecular formula is C13H20BrNO. The zero-order valence-corrected chi connectivity index (χ0v) is 11.9. The molecule has 2 nitrogen and oxygen atoms in total. The number of rotatable bonds is 0. The molecule has 2 aliphatic rings. The first-order valence-corrected chi connectivity index (χ1v) is 7.03. The highest BCUT2D eigenvalue weighted by atomic mass is 79.9. The Kier molecular flexibility index (Phi) is 3.09. The Morgan fingerprint density at radius 3 is 2.56 bits per heavy atom. The van der Waals surface area contributed by atoms with E-state index < -0.39 is 0 Å². The minimum absolute atomic E-state index is 0.0909. The second kappa shape index (κ2) is 3.99. The van der Waals surface area contributed by atoms with Crippen LogP contribution >= 0.6 is 15.9 Å². The quantitative estimate of drug-likeness (QED) is 0.637. The molecule has 90 valence electrons. The maximum absolute atomic E-state index is 8.99. The van der Waals surface area contributed by atoms with Gasteiger partial charge in [0, 0.05) is 4.83 Å². The molecule has 1 aliphatic carbocycles. The highest BCUT2D eigenvalue weighted by Crippen LogP contribution is 2.54. The van der Waals surface area contributed by atoms with Gasteiger partial charge in [-0.15, -0.1) is 0 Å². The van der Waals surface area contributed by atoms with Crippen LogP contribution in [-0.2, 0) is 4.74 Å². The van der Waals surface area contributed by atoms with E-state index in [1.165, 1.54) is 0 Å². The minimum atomic E-state index is -0.191. The number of hydrogen-bond donors (Lipinski definition) is 0. The fourth-order valence-corrected chi connectivity index (χ4v) is 4.12. The Morgan fingerprint density at radius 2 is 1.94 bits per heavy atom. The van der Waals surface area contributed by atoms with E-state index in [-0.39, 0.29) is 17.1 Å². The summed E-state index contributed by atoms with van der Waals surface area (Å²) in [5, 5.41) is 8.99. The van der Waals surface area contributed by atoms with Crippen molar-refractivity contribution in [1.82, 2.24) is 0 Å². The van der Waals surface area contributed by atoms with Gasteiger partial charge in [0.1, 0.15) is 6.10 Å². The van der Waals surface area contributed by atoms with Crippen molar-refractivity contribution in [3.8, 4) is 6.07 Å². The molecule has 1 saturated heterocycles. The van der Waals surface area contributed by atoms with E-state index in [2.05, 4.69) is 42.8 Å². The van der Waals surface area contributed by atoms with Crippen LogP contribution in [-0.4, -0.2) is 16.5 Å². The molecule has 16 heavy (non-hydrogen) atoms. The number of nitriles is 1. The Bertz CT molecular complexity index is 322. The van der Waals surface area contributed by atoms with Crippen molar-refractivity contribution in [2.24, 2.45) is 11.3 Å². The van der Waals surface area contributed by atoms with Gasteiger partial charge in [0.2, 0.25) is 0 Å². The zero-order chi connectivity index (χ0) is 12.0. The topological polar surface area (TPSA) is 33.0 Å². The highest BCUT2D eigenvalue weighted by Gasteiger charge is 2.53. The summed E-state index contributed by atoms with van der Waals surface area (Å²) in [5.74, 6) is 0.558. The predicted octanol–water partition coefficient (Wildman–Crippen LogP) is 3.65. The molecule has 0 N–H and O–H groups in total.